The molecule has 1 saturated carbocycles. The fourth-order valence-electron chi connectivity index (χ4n) is 4.71. The van der Waals surface area contributed by atoms with Crippen LogP contribution >= 0.6 is 0 Å². The van der Waals surface area contributed by atoms with E-state index in [9.17, 15) is 13.2 Å². The molecule has 2 aliphatic heterocycles. The van der Waals surface area contributed by atoms with Crippen molar-refractivity contribution in [2.75, 3.05) is 63.6 Å². The first-order chi connectivity index (χ1) is 17.1. The third kappa shape index (κ3) is 6.80. The van der Waals surface area contributed by atoms with Crippen LogP contribution in [0.1, 0.15) is 40.0 Å². The van der Waals surface area contributed by atoms with E-state index >= 15 is 0 Å². The summed E-state index contributed by atoms with van der Waals surface area (Å²) in [5.41, 5.74) is -0.280. The summed E-state index contributed by atoms with van der Waals surface area (Å²) in [5.74, 6) is 1.95. The number of rotatable bonds is 9. The number of aromatic nitrogens is 1. The zero-order valence-corrected chi connectivity index (χ0v) is 22.7. The number of anilines is 1. The van der Waals surface area contributed by atoms with Crippen LogP contribution in [0, 0.1) is 11.8 Å². The molecule has 0 N–H and O–H groups in total. The van der Waals surface area contributed by atoms with Crippen LogP contribution in [0.25, 0.3) is 0 Å². The van der Waals surface area contributed by atoms with Crippen molar-refractivity contribution in [3.63, 3.8) is 0 Å². The molecular weight excluding hydrogens is 484 g/mol. The average Bonchev–Trinajstić information content (AvgIpc) is 3.58. The van der Waals surface area contributed by atoms with Crippen LogP contribution in [0.3, 0.4) is 0 Å². The Morgan fingerprint density at radius 3 is 2.47 bits per heavy atom. The predicted octanol–water partition coefficient (Wildman–Crippen LogP) is 2.59. The van der Waals surface area contributed by atoms with Crippen LogP contribution in [0.4, 0.5) is 10.6 Å². The van der Waals surface area contributed by atoms with E-state index in [4.69, 9.17) is 14.2 Å². The minimum Gasteiger partial charge on any atom is -0.492 e. The molecule has 0 radical (unpaired) electrons. The summed E-state index contributed by atoms with van der Waals surface area (Å²) in [6.45, 7) is 9.58. The molecule has 202 valence electrons. The van der Waals surface area contributed by atoms with Gasteiger partial charge in [0.2, 0.25) is 10.0 Å². The monoisotopic (exact) mass is 524 g/mol. The second-order valence-corrected chi connectivity index (χ2v) is 12.8. The summed E-state index contributed by atoms with van der Waals surface area (Å²) in [7, 11) is -1.54. The van der Waals surface area contributed by atoms with E-state index in [-0.39, 0.29) is 35.4 Å². The highest BCUT2D eigenvalue weighted by Crippen LogP contribution is 2.39. The average molecular weight is 525 g/mol. The molecule has 0 unspecified atom stereocenters. The van der Waals surface area contributed by atoms with Crippen molar-refractivity contribution in [1.29, 1.82) is 0 Å². The highest BCUT2D eigenvalue weighted by molar-refractivity contribution is 7.89. The standard InChI is InChI=1S/C25H40N4O6S/c1-19(2)18-36(31,32)29-13-11-27(12-14-29)23-6-5-21(15-26-23)34-17-20-7-10-28(16-22(20)33-4)24(30)35-25(3)8-9-25/h5-6,15,19-20,22H,7-14,16-18H2,1-4H3/t20-,22-/m1/s1. The number of methoxy groups -OCH3 is 1. The van der Waals surface area contributed by atoms with E-state index in [1.807, 2.05) is 32.9 Å². The van der Waals surface area contributed by atoms with Crippen molar-refractivity contribution in [2.24, 2.45) is 11.8 Å². The first-order valence-corrected chi connectivity index (χ1v) is 14.5. The number of pyridine rings is 1. The minimum absolute atomic E-state index is 0.112. The molecule has 3 heterocycles. The van der Waals surface area contributed by atoms with Gasteiger partial charge in [0.05, 0.1) is 31.2 Å². The quantitative estimate of drug-likeness (QED) is 0.486. The van der Waals surface area contributed by atoms with Crippen LogP contribution in [-0.2, 0) is 19.5 Å². The first-order valence-electron chi connectivity index (χ1n) is 12.9. The summed E-state index contributed by atoms with van der Waals surface area (Å²) >= 11 is 0. The third-order valence-corrected chi connectivity index (χ3v) is 9.47. The predicted molar refractivity (Wildman–Crippen MR) is 137 cm³/mol. The Hall–Kier alpha value is -2.11. The molecule has 36 heavy (non-hydrogen) atoms. The molecule has 11 heteroatoms. The smallest absolute Gasteiger partial charge is 0.410 e. The van der Waals surface area contributed by atoms with Crippen LogP contribution < -0.4 is 9.64 Å². The zero-order chi connectivity index (χ0) is 25.9. The number of carbonyl (C=O) groups excluding carboxylic acids is 1. The number of ether oxygens (including phenoxy) is 3. The highest BCUT2D eigenvalue weighted by atomic mass is 32.2. The number of hydrogen-bond acceptors (Lipinski definition) is 8. The minimum atomic E-state index is -3.21. The van der Waals surface area contributed by atoms with E-state index in [0.717, 1.165) is 25.1 Å². The van der Waals surface area contributed by atoms with Gasteiger partial charge in [-0.3, -0.25) is 0 Å². The lowest BCUT2D eigenvalue weighted by atomic mass is 9.95. The molecule has 0 spiro atoms. The number of piperazine rings is 1. The van der Waals surface area contributed by atoms with Crippen LogP contribution in [0.15, 0.2) is 18.3 Å². The number of hydrogen-bond donors (Lipinski definition) is 0. The van der Waals surface area contributed by atoms with E-state index < -0.39 is 10.0 Å². The molecule has 1 amide bonds. The molecule has 2 saturated heterocycles. The van der Waals surface area contributed by atoms with Gasteiger partial charge in [-0.05, 0) is 44.2 Å². The molecule has 2 atom stereocenters. The Balaban J connectivity index is 1.23. The lowest BCUT2D eigenvalue weighted by Crippen LogP contribution is -2.50. The van der Waals surface area contributed by atoms with Crippen molar-refractivity contribution in [1.82, 2.24) is 14.2 Å². The second-order valence-electron chi connectivity index (χ2n) is 10.8. The number of sulfonamides is 1. The van der Waals surface area contributed by atoms with Crippen LogP contribution in [-0.4, -0.2) is 99.1 Å². The van der Waals surface area contributed by atoms with E-state index in [1.165, 1.54) is 0 Å². The topological polar surface area (TPSA) is 102 Å². The fourth-order valence-corrected chi connectivity index (χ4v) is 6.49. The number of piperidine rings is 1. The van der Waals surface area contributed by atoms with Gasteiger partial charge in [0.25, 0.3) is 0 Å². The lowest BCUT2D eigenvalue weighted by Gasteiger charge is -2.37. The summed E-state index contributed by atoms with van der Waals surface area (Å²) in [5, 5.41) is 0. The van der Waals surface area contributed by atoms with Crippen molar-refractivity contribution in [3.8, 4) is 5.75 Å². The zero-order valence-electron chi connectivity index (χ0n) is 21.9. The molecule has 0 bridgehead atoms. The van der Waals surface area contributed by atoms with Crippen LogP contribution in [0.2, 0.25) is 0 Å². The Kier molecular flexibility index (Phi) is 8.31. The molecule has 0 aromatic carbocycles. The summed E-state index contributed by atoms with van der Waals surface area (Å²) in [6, 6.07) is 3.81. The van der Waals surface area contributed by atoms with Gasteiger partial charge in [0.1, 0.15) is 17.2 Å². The van der Waals surface area contributed by atoms with E-state index in [0.29, 0.717) is 51.6 Å². The van der Waals surface area contributed by atoms with Gasteiger partial charge in [0, 0.05) is 45.8 Å². The Bertz CT molecular complexity index is 990. The number of nitrogens with zero attached hydrogens (tertiary/aromatic N) is 4. The highest BCUT2D eigenvalue weighted by Gasteiger charge is 2.43. The van der Waals surface area contributed by atoms with Crippen LogP contribution in [0.5, 0.6) is 5.75 Å². The van der Waals surface area contributed by atoms with Crippen molar-refractivity contribution in [2.45, 2.75) is 51.7 Å². The molecule has 3 fully saturated rings. The largest absolute Gasteiger partial charge is 0.492 e. The number of likely N-dealkylation sites (tertiary alicyclic amines) is 1. The van der Waals surface area contributed by atoms with Gasteiger partial charge in [-0.1, -0.05) is 13.8 Å². The summed E-state index contributed by atoms with van der Waals surface area (Å²) in [4.78, 5) is 20.8. The third-order valence-electron chi connectivity index (χ3n) is 7.23. The maximum absolute atomic E-state index is 12.5. The number of carbonyl (C=O) groups is 1. The lowest BCUT2D eigenvalue weighted by molar-refractivity contribution is -0.0313. The maximum atomic E-state index is 12.5. The number of amides is 1. The van der Waals surface area contributed by atoms with Crippen molar-refractivity contribution in [3.05, 3.63) is 18.3 Å². The van der Waals surface area contributed by atoms with E-state index in [2.05, 4.69) is 9.88 Å². The molecule has 1 aromatic heterocycles. The molecule has 1 aliphatic carbocycles. The first kappa shape index (κ1) is 26.9. The van der Waals surface area contributed by atoms with Crippen molar-refractivity contribution >= 4 is 21.9 Å². The van der Waals surface area contributed by atoms with Gasteiger partial charge in [0.15, 0.2) is 0 Å². The fraction of sp³-hybridized carbons (Fsp3) is 0.760. The maximum Gasteiger partial charge on any atom is 0.410 e. The second kappa shape index (κ2) is 11.1. The van der Waals surface area contributed by atoms with Crippen molar-refractivity contribution < 1.29 is 27.4 Å². The Morgan fingerprint density at radius 2 is 1.89 bits per heavy atom. The SMILES string of the molecule is CO[C@@H]1CN(C(=O)OC2(C)CC2)CC[C@@H]1COc1ccc(N2CCN(S(=O)(=O)CC(C)C)CC2)nc1. The molecule has 3 aliphatic rings. The molecular formula is C25H40N4O6S. The Labute approximate surface area is 214 Å². The normalized spacial score (nSPS) is 24.6. The molecule has 1 aromatic rings. The van der Waals surface area contributed by atoms with Gasteiger partial charge < -0.3 is 24.0 Å². The summed E-state index contributed by atoms with van der Waals surface area (Å²) in [6.07, 6.45) is 3.98. The van der Waals surface area contributed by atoms with Gasteiger partial charge >= 0.3 is 6.09 Å². The summed E-state index contributed by atoms with van der Waals surface area (Å²) < 4.78 is 43.8. The molecule has 10 nitrogen and oxygen atoms in total. The van der Waals surface area contributed by atoms with Gasteiger partial charge in [-0.15, -0.1) is 0 Å². The Morgan fingerprint density at radius 1 is 1.17 bits per heavy atom. The van der Waals surface area contributed by atoms with E-state index in [1.54, 1.807) is 22.5 Å². The molecule has 4 rings (SSSR count). The van der Waals surface area contributed by atoms with Gasteiger partial charge in [-0.2, -0.15) is 4.31 Å². The van der Waals surface area contributed by atoms with Gasteiger partial charge in [-0.25, -0.2) is 18.2 Å².